The highest BCUT2D eigenvalue weighted by molar-refractivity contribution is 6.17. The van der Waals surface area contributed by atoms with Crippen LogP contribution in [0.1, 0.15) is 31.1 Å². The normalized spacial score (nSPS) is 10.4. The Bertz CT molecular complexity index is 987. The van der Waals surface area contributed by atoms with Crippen LogP contribution in [0.3, 0.4) is 0 Å². The molecule has 0 spiro atoms. The summed E-state index contributed by atoms with van der Waals surface area (Å²) in [5.74, 6) is -2.64. The van der Waals surface area contributed by atoms with Gasteiger partial charge in [0.1, 0.15) is 0 Å². The number of carbonyl (C=O) groups excluding carboxylic acids is 1. The number of nitrogens with one attached hydrogen (secondary N) is 1. The maximum Gasteiger partial charge on any atom is 0.336 e. The molecule has 0 saturated heterocycles. The fourth-order valence-electron chi connectivity index (χ4n) is 2.60. The van der Waals surface area contributed by atoms with Gasteiger partial charge in [-0.05, 0) is 41.8 Å². The monoisotopic (exact) mass is 335 g/mol. The van der Waals surface area contributed by atoms with Gasteiger partial charge in [0.25, 0.3) is 5.91 Å². The van der Waals surface area contributed by atoms with Gasteiger partial charge in [0.05, 0.1) is 11.1 Å². The molecule has 25 heavy (non-hydrogen) atoms. The number of fused-ring (bicyclic) bond motifs is 1. The third-order valence-corrected chi connectivity index (χ3v) is 3.77. The summed E-state index contributed by atoms with van der Waals surface area (Å²) in [4.78, 5) is 34.9. The van der Waals surface area contributed by atoms with Crippen molar-refractivity contribution in [3.8, 4) is 0 Å². The van der Waals surface area contributed by atoms with Crippen LogP contribution in [0, 0.1) is 0 Å². The molecule has 0 heterocycles. The SMILES string of the molecule is O=C(O)c1ccc(NC(=O)c2cccc3cccc(C(=O)O)c23)cc1. The molecule has 6 heteroatoms. The van der Waals surface area contributed by atoms with Gasteiger partial charge in [-0.3, -0.25) is 4.79 Å². The number of amides is 1. The molecule has 3 rings (SSSR count). The van der Waals surface area contributed by atoms with Crippen molar-refractivity contribution in [2.45, 2.75) is 0 Å². The summed E-state index contributed by atoms with van der Waals surface area (Å²) in [5, 5.41) is 21.9. The van der Waals surface area contributed by atoms with Crippen molar-refractivity contribution >= 4 is 34.3 Å². The van der Waals surface area contributed by atoms with E-state index in [9.17, 15) is 19.5 Å². The molecule has 0 bridgehead atoms. The van der Waals surface area contributed by atoms with Crippen LogP contribution in [0.15, 0.2) is 60.7 Å². The average molecular weight is 335 g/mol. The Morgan fingerprint density at radius 2 is 1.32 bits per heavy atom. The largest absolute Gasteiger partial charge is 0.478 e. The minimum Gasteiger partial charge on any atom is -0.478 e. The van der Waals surface area contributed by atoms with Crippen LogP contribution < -0.4 is 5.32 Å². The van der Waals surface area contributed by atoms with E-state index in [0.717, 1.165) is 0 Å². The van der Waals surface area contributed by atoms with Crippen LogP contribution in [0.25, 0.3) is 10.8 Å². The van der Waals surface area contributed by atoms with E-state index in [2.05, 4.69) is 5.32 Å². The fraction of sp³-hybridized carbons (Fsp3) is 0. The standard InChI is InChI=1S/C19H13NO5/c21-17(20-13-9-7-12(8-10-13)18(22)23)14-5-1-3-11-4-2-6-15(16(11)14)19(24)25/h1-10H,(H,20,21)(H,22,23)(H,24,25). The first-order chi connectivity index (χ1) is 12.0. The van der Waals surface area contributed by atoms with Crippen LogP contribution in [-0.4, -0.2) is 28.1 Å². The van der Waals surface area contributed by atoms with Crippen LogP contribution in [0.5, 0.6) is 0 Å². The zero-order chi connectivity index (χ0) is 18.0. The van der Waals surface area contributed by atoms with Gasteiger partial charge in [0.15, 0.2) is 0 Å². The second-order valence-corrected chi connectivity index (χ2v) is 5.35. The van der Waals surface area contributed by atoms with E-state index < -0.39 is 17.8 Å². The highest BCUT2D eigenvalue weighted by Gasteiger charge is 2.16. The number of anilines is 1. The number of rotatable bonds is 4. The zero-order valence-electron chi connectivity index (χ0n) is 12.9. The molecular formula is C19H13NO5. The lowest BCUT2D eigenvalue weighted by Gasteiger charge is -2.10. The molecule has 0 fully saturated rings. The fourth-order valence-corrected chi connectivity index (χ4v) is 2.60. The molecule has 3 aromatic carbocycles. The molecule has 0 aliphatic carbocycles. The summed E-state index contributed by atoms with van der Waals surface area (Å²) in [6.07, 6.45) is 0. The highest BCUT2D eigenvalue weighted by atomic mass is 16.4. The second-order valence-electron chi connectivity index (χ2n) is 5.35. The lowest BCUT2D eigenvalue weighted by Crippen LogP contribution is -2.14. The number of aromatic carboxylic acids is 2. The Morgan fingerprint density at radius 3 is 1.88 bits per heavy atom. The van der Waals surface area contributed by atoms with Crippen LogP contribution in [0.2, 0.25) is 0 Å². The Balaban J connectivity index is 2.00. The van der Waals surface area contributed by atoms with Crippen molar-refractivity contribution in [3.05, 3.63) is 77.4 Å². The van der Waals surface area contributed by atoms with Gasteiger partial charge in [-0.1, -0.05) is 24.3 Å². The predicted molar refractivity (Wildman–Crippen MR) is 92.3 cm³/mol. The van der Waals surface area contributed by atoms with Gasteiger partial charge < -0.3 is 15.5 Å². The molecule has 124 valence electrons. The van der Waals surface area contributed by atoms with Gasteiger partial charge in [0.2, 0.25) is 0 Å². The molecule has 1 amide bonds. The van der Waals surface area contributed by atoms with Gasteiger partial charge >= 0.3 is 11.9 Å². The Labute approximate surface area is 142 Å². The summed E-state index contributed by atoms with van der Waals surface area (Å²) in [6.45, 7) is 0. The minimum absolute atomic E-state index is 0.0458. The first kappa shape index (κ1) is 16.2. The third kappa shape index (κ3) is 3.18. The lowest BCUT2D eigenvalue weighted by molar-refractivity contribution is 0.0687. The van der Waals surface area contributed by atoms with Gasteiger partial charge in [-0.15, -0.1) is 0 Å². The Kier molecular flexibility index (Phi) is 4.18. The van der Waals surface area contributed by atoms with Gasteiger partial charge in [-0.25, -0.2) is 9.59 Å². The molecule has 0 saturated carbocycles. The van der Waals surface area contributed by atoms with Crippen molar-refractivity contribution in [1.29, 1.82) is 0 Å². The zero-order valence-corrected chi connectivity index (χ0v) is 12.9. The summed E-state index contributed by atoms with van der Waals surface area (Å²) >= 11 is 0. The van der Waals surface area contributed by atoms with Crippen LogP contribution >= 0.6 is 0 Å². The molecule has 0 aromatic heterocycles. The van der Waals surface area contributed by atoms with E-state index in [4.69, 9.17) is 5.11 Å². The number of carboxylic acid groups (broad SMARTS) is 2. The average Bonchev–Trinajstić information content (AvgIpc) is 2.61. The van der Waals surface area contributed by atoms with Crippen LogP contribution in [-0.2, 0) is 0 Å². The third-order valence-electron chi connectivity index (χ3n) is 3.77. The molecular weight excluding hydrogens is 322 g/mol. The summed E-state index contributed by atoms with van der Waals surface area (Å²) in [5.41, 5.74) is 0.804. The Hall–Kier alpha value is -3.67. The molecule has 6 nitrogen and oxygen atoms in total. The van der Waals surface area contributed by atoms with Crippen molar-refractivity contribution in [2.24, 2.45) is 0 Å². The first-order valence-electron chi connectivity index (χ1n) is 7.37. The number of hydrogen-bond acceptors (Lipinski definition) is 3. The maximum atomic E-state index is 12.6. The lowest BCUT2D eigenvalue weighted by atomic mass is 9.98. The predicted octanol–water partition coefficient (Wildman–Crippen LogP) is 3.49. The molecule has 0 atom stereocenters. The van der Waals surface area contributed by atoms with Crippen molar-refractivity contribution < 1.29 is 24.6 Å². The molecule has 0 aliphatic heterocycles. The summed E-state index contributed by atoms with van der Waals surface area (Å²) < 4.78 is 0. The van der Waals surface area contributed by atoms with E-state index in [0.29, 0.717) is 16.5 Å². The van der Waals surface area contributed by atoms with Crippen molar-refractivity contribution in [1.82, 2.24) is 0 Å². The molecule has 0 aliphatic rings. The summed E-state index contributed by atoms with van der Waals surface area (Å²) in [6, 6.07) is 15.5. The number of carboxylic acids is 2. The highest BCUT2D eigenvalue weighted by Crippen LogP contribution is 2.24. The second kappa shape index (κ2) is 6.45. The first-order valence-corrected chi connectivity index (χ1v) is 7.37. The number of carbonyl (C=O) groups is 3. The van der Waals surface area contributed by atoms with E-state index >= 15 is 0 Å². The summed E-state index contributed by atoms with van der Waals surface area (Å²) in [7, 11) is 0. The van der Waals surface area contributed by atoms with E-state index in [1.807, 2.05) is 0 Å². The number of hydrogen-bond donors (Lipinski definition) is 3. The topological polar surface area (TPSA) is 104 Å². The molecule has 0 radical (unpaired) electrons. The molecule has 0 unspecified atom stereocenters. The maximum absolute atomic E-state index is 12.6. The van der Waals surface area contributed by atoms with Crippen molar-refractivity contribution in [3.63, 3.8) is 0 Å². The number of benzene rings is 3. The van der Waals surface area contributed by atoms with E-state index in [-0.39, 0.29) is 16.7 Å². The quantitative estimate of drug-likeness (QED) is 0.677. The van der Waals surface area contributed by atoms with E-state index in [1.54, 1.807) is 30.3 Å². The minimum atomic E-state index is -1.11. The smallest absolute Gasteiger partial charge is 0.336 e. The molecule has 3 N–H and O–H groups in total. The Morgan fingerprint density at radius 1 is 0.720 bits per heavy atom. The van der Waals surface area contributed by atoms with Crippen LogP contribution in [0.4, 0.5) is 5.69 Å². The molecule has 3 aromatic rings. The van der Waals surface area contributed by atoms with E-state index in [1.165, 1.54) is 30.3 Å². The van der Waals surface area contributed by atoms with Crippen molar-refractivity contribution in [2.75, 3.05) is 5.32 Å². The van der Waals surface area contributed by atoms with Gasteiger partial charge in [0, 0.05) is 16.6 Å². The van der Waals surface area contributed by atoms with Gasteiger partial charge in [-0.2, -0.15) is 0 Å².